The van der Waals surface area contributed by atoms with Gasteiger partial charge in [0.2, 0.25) is 5.91 Å². The zero-order chi connectivity index (χ0) is 22.7. The number of hydrogen-bond donors (Lipinski definition) is 1. The number of aromatic nitrogens is 2. The largest absolute Gasteiger partial charge is 0.497 e. The van der Waals surface area contributed by atoms with E-state index in [2.05, 4.69) is 39.2 Å². The fraction of sp³-hybridized carbons (Fsp3) is 0.346. The van der Waals surface area contributed by atoms with E-state index in [9.17, 15) is 4.79 Å². The third kappa shape index (κ3) is 4.74. The van der Waals surface area contributed by atoms with Crippen LogP contribution in [0.5, 0.6) is 5.75 Å². The SMILES string of the molecule is COc1ccc(-c2cc(N3CCC(C(=O)Nc4c(C)cc(C)cc4C)CC3)ncn2)cc1. The molecule has 0 atom stereocenters. The average molecular weight is 431 g/mol. The van der Waals surface area contributed by atoms with E-state index < -0.39 is 0 Å². The van der Waals surface area contributed by atoms with Crippen molar-refractivity contribution >= 4 is 17.4 Å². The van der Waals surface area contributed by atoms with Gasteiger partial charge < -0.3 is 15.0 Å². The van der Waals surface area contributed by atoms with Crippen molar-refractivity contribution < 1.29 is 9.53 Å². The molecule has 3 aromatic rings. The Hall–Kier alpha value is -3.41. The predicted octanol–water partition coefficient (Wildman–Crippen LogP) is 4.93. The Bertz CT molecular complexity index is 1080. The van der Waals surface area contributed by atoms with Gasteiger partial charge in [0.15, 0.2) is 0 Å². The van der Waals surface area contributed by atoms with Gasteiger partial charge in [-0.05, 0) is 69.0 Å². The van der Waals surface area contributed by atoms with Gasteiger partial charge in [0.1, 0.15) is 17.9 Å². The Morgan fingerprint density at radius 2 is 1.66 bits per heavy atom. The zero-order valence-electron chi connectivity index (χ0n) is 19.2. The summed E-state index contributed by atoms with van der Waals surface area (Å²) in [6.07, 6.45) is 3.21. The predicted molar refractivity (Wildman–Crippen MR) is 128 cm³/mol. The molecule has 4 rings (SSSR count). The number of methoxy groups -OCH3 is 1. The van der Waals surface area contributed by atoms with Gasteiger partial charge in [-0.1, -0.05) is 17.7 Å². The van der Waals surface area contributed by atoms with E-state index in [1.54, 1.807) is 13.4 Å². The Kier molecular flexibility index (Phi) is 6.40. The van der Waals surface area contributed by atoms with Crippen LogP contribution in [-0.2, 0) is 4.79 Å². The molecular formula is C26H30N4O2. The number of nitrogens with one attached hydrogen (secondary N) is 1. The molecule has 2 aromatic carbocycles. The lowest BCUT2D eigenvalue weighted by atomic mass is 9.95. The van der Waals surface area contributed by atoms with Crippen molar-refractivity contribution in [2.45, 2.75) is 33.6 Å². The quantitative estimate of drug-likeness (QED) is 0.621. The van der Waals surface area contributed by atoms with Crippen molar-refractivity contribution in [3.63, 3.8) is 0 Å². The minimum absolute atomic E-state index is 0.00856. The van der Waals surface area contributed by atoms with Gasteiger partial charge in [-0.3, -0.25) is 4.79 Å². The molecule has 0 saturated carbocycles. The van der Waals surface area contributed by atoms with Crippen molar-refractivity contribution in [2.75, 3.05) is 30.4 Å². The summed E-state index contributed by atoms with van der Waals surface area (Å²) in [6, 6.07) is 14.1. The minimum Gasteiger partial charge on any atom is -0.497 e. The highest BCUT2D eigenvalue weighted by Crippen LogP contribution is 2.28. The minimum atomic E-state index is 0.00856. The first-order chi connectivity index (χ1) is 15.4. The fourth-order valence-electron chi connectivity index (χ4n) is 4.41. The van der Waals surface area contributed by atoms with Crippen molar-refractivity contribution in [2.24, 2.45) is 5.92 Å². The first-order valence-corrected chi connectivity index (χ1v) is 11.0. The lowest BCUT2D eigenvalue weighted by Gasteiger charge is -2.32. The van der Waals surface area contributed by atoms with Crippen molar-refractivity contribution in [1.29, 1.82) is 0 Å². The molecule has 1 aliphatic heterocycles. The summed E-state index contributed by atoms with van der Waals surface area (Å²) < 4.78 is 5.24. The van der Waals surface area contributed by atoms with Gasteiger partial charge in [-0.25, -0.2) is 9.97 Å². The molecule has 6 heteroatoms. The average Bonchev–Trinajstić information content (AvgIpc) is 2.81. The van der Waals surface area contributed by atoms with Crippen LogP contribution in [0.25, 0.3) is 11.3 Å². The number of hydrogen-bond acceptors (Lipinski definition) is 5. The monoisotopic (exact) mass is 430 g/mol. The first kappa shape index (κ1) is 21.8. The van der Waals surface area contributed by atoms with E-state index >= 15 is 0 Å². The topological polar surface area (TPSA) is 67.3 Å². The van der Waals surface area contributed by atoms with Gasteiger partial charge in [0.05, 0.1) is 12.8 Å². The smallest absolute Gasteiger partial charge is 0.227 e. The molecule has 1 aromatic heterocycles. The second-order valence-corrected chi connectivity index (χ2v) is 8.51. The molecule has 0 unspecified atom stereocenters. The van der Waals surface area contributed by atoms with E-state index in [1.807, 2.05) is 44.2 Å². The van der Waals surface area contributed by atoms with Crippen LogP contribution in [-0.4, -0.2) is 36.1 Å². The Morgan fingerprint density at radius 3 is 2.28 bits per heavy atom. The molecule has 0 bridgehead atoms. The fourth-order valence-corrected chi connectivity index (χ4v) is 4.41. The molecule has 0 spiro atoms. The van der Waals surface area contributed by atoms with Crippen LogP contribution in [0.1, 0.15) is 29.5 Å². The maximum absolute atomic E-state index is 12.9. The Labute approximate surface area is 189 Å². The van der Waals surface area contributed by atoms with E-state index in [0.717, 1.165) is 65.6 Å². The third-order valence-corrected chi connectivity index (χ3v) is 6.15. The van der Waals surface area contributed by atoms with E-state index in [0.29, 0.717) is 0 Å². The second-order valence-electron chi connectivity index (χ2n) is 8.51. The number of ether oxygens (including phenoxy) is 1. The highest BCUT2D eigenvalue weighted by molar-refractivity contribution is 5.94. The molecule has 1 N–H and O–H groups in total. The highest BCUT2D eigenvalue weighted by atomic mass is 16.5. The van der Waals surface area contributed by atoms with Gasteiger partial charge in [-0.15, -0.1) is 0 Å². The number of rotatable bonds is 5. The molecule has 0 radical (unpaired) electrons. The van der Waals surface area contributed by atoms with Gasteiger partial charge in [-0.2, -0.15) is 0 Å². The van der Waals surface area contributed by atoms with Crippen molar-refractivity contribution in [1.82, 2.24) is 9.97 Å². The standard InChI is InChI=1S/C26H30N4O2/c1-17-13-18(2)25(19(3)14-17)29-26(31)21-9-11-30(12-10-21)24-15-23(27-16-28-24)20-5-7-22(32-4)8-6-20/h5-8,13-16,21H,9-12H2,1-4H3,(H,29,31). The molecule has 1 amide bonds. The van der Waals surface area contributed by atoms with Crippen molar-refractivity contribution in [3.8, 4) is 17.0 Å². The molecule has 0 aliphatic carbocycles. The Balaban J connectivity index is 1.40. The van der Waals surface area contributed by atoms with Crippen molar-refractivity contribution in [3.05, 3.63) is 65.5 Å². The number of amides is 1. The molecule has 166 valence electrons. The van der Waals surface area contributed by atoms with Crippen LogP contribution in [0.2, 0.25) is 0 Å². The van der Waals surface area contributed by atoms with Gasteiger partial charge in [0.25, 0.3) is 0 Å². The summed E-state index contributed by atoms with van der Waals surface area (Å²) in [4.78, 5) is 24.1. The van der Waals surface area contributed by atoms with Crippen LogP contribution < -0.4 is 15.0 Å². The molecule has 2 heterocycles. The van der Waals surface area contributed by atoms with E-state index in [-0.39, 0.29) is 11.8 Å². The van der Waals surface area contributed by atoms with Gasteiger partial charge >= 0.3 is 0 Å². The van der Waals surface area contributed by atoms with E-state index in [1.165, 1.54) is 5.56 Å². The normalized spacial score (nSPS) is 14.3. The summed E-state index contributed by atoms with van der Waals surface area (Å²) in [5.41, 5.74) is 6.28. The number of nitrogens with zero attached hydrogens (tertiary/aromatic N) is 3. The van der Waals surface area contributed by atoms with Crippen LogP contribution in [0.3, 0.4) is 0 Å². The molecule has 32 heavy (non-hydrogen) atoms. The summed E-state index contributed by atoms with van der Waals surface area (Å²) in [5.74, 6) is 1.84. The lowest BCUT2D eigenvalue weighted by Crippen LogP contribution is -2.38. The molecule has 6 nitrogen and oxygen atoms in total. The second kappa shape index (κ2) is 9.39. The highest BCUT2D eigenvalue weighted by Gasteiger charge is 2.26. The number of benzene rings is 2. The van der Waals surface area contributed by atoms with Gasteiger partial charge in [0, 0.05) is 36.3 Å². The zero-order valence-corrected chi connectivity index (χ0v) is 19.2. The maximum Gasteiger partial charge on any atom is 0.227 e. The molecular weight excluding hydrogens is 400 g/mol. The van der Waals surface area contributed by atoms with Crippen LogP contribution >= 0.6 is 0 Å². The number of piperidine rings is 1. The Morgan fingerprint density at radius 1 is 1.00 bits per heavy atom. The number of carbonyl (C=O) groups is 1. The van der Waals surface area contributed by atoms with E-state index in [4.69, 9.17) is 4.74 Å². The van der Waals surface area contributed by atoms with Crippen LogP contribution in [0, 0.1) is 26.7 Å². The number of carbonyl (C=O) groups excluding carboxylic acids is 1. The molecule has 1 aliphatic rings. The van der Waals surface area contributed by atoms with Crippen LogP contribution in [0.15, 0.2) is 48.8 Å². The molecule has 1 saturated heterocycles. The lowest BCUT2D eigenvalue weighted by molar-refractivity contribution is -0.120. The molecule has 1 fully saturated rings. The summed E-state index contributed by atoms with van der Waals surface area (Å²) in [5, 5.41) is 3.18. The van der Waals surface area contributed by atoms with Crippen LogP contribution in [0.4, 0.5) is 11.5 Å². The number of aryl methyl sites for hydroxylation is 3. The third-order valence-electron chi connectivity index (χ3n) is 6.15. The maximum atomic E-state index is 12.9. The summed E-state index contributed by atoms with van der Waals surface area (Å²) >= 11 is 0. The first-order valence-electron chi connectivity index (χ1n) is 11.0. The summed E-state index contributed by atoms with van der Waals surface area (Å²) in [6.45, 7) is 7.77. The summed E-state index contributed by atoms with van der Waals surface area (Å²) in [7, 11) is 1.66. The number of anilines is 2.